The van der Waals surface area contributed by atoms with Gasteiger partial charge in [-0.3, -0.25) is 14.9 Å². The Morgan fingerprint density at radius 2 is 2.07 bits per heavy atom. The van der Waals surface area contributed by atoms with Crippen LogP contribution in [0.4, 0.5) is 11.5 Å². The number of aryl methyl sites for hydroxylation is 1. The maximum absolute atomic E-state index is 12.4. The third-order valence-corrected chi connectivity index (χ3v) is 4.63. The van der Waals surface area contributed by atoms with E-state index in [4.69, 9.17) is 11.6 Å². The van der Waals surface area contributed by atoms with E-state index >= 15 is 0 Å². The third-order valence-electron chi connectivity index (χ3n) is 4.42. The second-order valence-electron chi connectivity index (χ2n) is 6.60. The van der Waals surface area contributed by atoms with E-state index in [9.17, 15) is 4.79 Å². The molecule has 9 heteroatoms. The number of aromatic amines is 1. The molecule has 0 saturated carbocycles. The molecule has 0 aliphatic heterocycles. The van der Waals surface area contributed by atoms with Gasteiger partial charge >= 0.3 is 0 Å². The second kappa shape index (κ2) is 7.84. The Kier molecular flexibility index (Phi) is 5.09. The summed E-state index contributed by atoms with van der Waals surface area (Å²) < 4.78 is 0. The fraction of sp³-hybridized carbons (Fsp3) is 0.150. The molecule has 3 N–H and O–H groups in total. The van der Waals surface area contributed by atoms with Crippen LogP contribution in [0.2, 0.25) is 5.02 Å². The van der Waals surface area contributed by atoms with Gasteiger partial charge in [-0.15, -0.1) is 0 Å². The number of hydrogen-bond acceptors (Lipinski definition) is 6. The average molecular weight is 408 g/mol. The molecule has 1 amide bonds. The Hall–Kier alpha value is -3.52. The van der Waals surface area contributed by atoms with E-state index in [0.717, 1.165) is 16.8 Å². The molecule has 4 aromatic rings. The first-order chi connectivity index (χ1) is 14.0. The number of nitrogens with zero attached hydrogens (tertiary/aromatic N) is 4. The van der Waals surface area contributed by atoms with Crippen LogP contribution in [-0.4, -0.2) is 31.1 Å². The first-order valence-corrected chi connectivity index (χ1v) is 9.33. The van der Waals surface area contributed by atoms with Gasteiger partial charge in [0.05, 0.1) is 28.5 Å². The number of rotatable bonds is 5. The molecule has 0 radical (unpaired) electrons. The molecule has 0 fully saturated rings. The number of halogens is 1. The molecule has 3 heterocycles. The van der Waals surface area contributed by atoms with Crippen molar-refractivity contribution in [2.75, 3.05) is 10.6 Å². The van der Waals surface area contributed by atoms with Crippen LogP contribution in [0.3, 0.4) is 0 Å². The van der Waals surface area contributed by atoms with Gasteiger partial charge in [0.1, 0.15) is 11.3 Å². The SMILES string of the molecule is Cc1n[nH]c2ncc(N[C@@H](C)c3cccc(NC(=O)c4cncc(Cl)c4)c3)nc12. The molecule has 0 aliphatic rings. The minimum atomic E-state index is -0.274. The van der Waals surface area contributed by atoms with Crippen molar-refractivity contribution in [3.63, 3.8) is 0 Å². The Morgan fingerprint density at radius 1 is 1.21 bits per heavy atom. The minimum Gasteiger partial charge on any atom is -0.362 e. The minimum absolute atomic E-state index is 0.0568. The van der Waals surface area contributed by atoms with Gasteiger partial charge in [-0.1, -0.05) is 23.7 Å². The molecule has 0 unspecified atom stereocenters. The van der Waals surface area contributed by atoms with Gasteiger partial charge < -0.3 is 10.6 Å². The Balaban J connectivity index is 1.49. The Bertz CT molecular complexity index is 1190. The van der Waals surface area contributed by atoms with Crippen molar-refractivity contribution in [3.05, 3.63) is 70.8 Å². The second-order valence-corrected chi connectivity index (χ2v) is 7.04. The van der Waals surface area contributed by atoms with Crippen molar-refractivity contribution in [2.45, 2.75) is 19.9 Å². The topological polar surface area (TPSA) is 108 Å². The highest BCUT2D eigenvalue weighted by Gasteiger charge is 2.12. The summed E-state index contributed by atoms with van der Waals surface area (Å²) in [5.74, 6) is 0.374. The zero-order valence-corrected chi connectivity index (χ0v) is 16.5. The van der Waals surface area contributed by atoms with Crippen molar-refractivity contribution >= 4 is 40.2 Å². The molecule has 8 nitrogen and oxygen atoms in total. The summed E-state index contributed by atoms with van der Waals surface area (Å²) >= 11 is 5.91. The number of fused-ring (bicyclic) bond motifs is 1. The lowest BCUT2D eigenvalue weighted by Crippen LogP contribution is -2.13. The van der Waals surface area contributed by atoms with Gasteiger partial charge in [0.2, 0.25) is 0 Å². The lowest BCUT2D eigenvalue weighted by molar-refractivity contribution is 0.102. The highest BCUT2D eigenvalue weighted by Crippen LogP contribution is 2.22. The van der Waals surface area contributed by atoms with E-state index in [-0.39, 0.29) is 11.9 Å². The van der Waals surface area contributed by atoms with Crippen molar-refractivity contribution in [2.24, 2.45) is 0 Å². The number of aromatic nitrogens is 5. The van der Waals surface area contributed by atoms with Crippen LogP contribution in [0.25, 0.3) is 11.2 Å². The number of amides is 1. The van der Waals surface area contributed by atoms with Gasteiger partial charge in [-0.05, 0) is 37.6 Å². The zero-order valence-electron chi connectivity index (χ0n) is 15.8. The first kappa shape index (κ1) is 18.8. The van der Waals surface area contributed by atoms with E-state index in [1.54, 1.807) is 12.3 Å². The van der Waals surface area contributed by atoms with Gasteiger partial charge in [-0.25, -0.2) is 9.97 Å². The smallest absolute Gasteiger partial charge is 0.257 e. The molecule has 0 spiro atoms. The molecule has 0 bridgehead atoms. The van der Waals surface area contributed by atoms with Crippen molar-refractivity contribution in [3.8, 4) is 0 Å². The molecular formula is C20H18ClN7O. The predicted molar refractivity (Wildman–Crippen MR) is 112 cm³/mol. The maximum atomic E-state index is 12.4. The zero-order chi connectivity index (χ0) is 20.4. The monoisotopic (exact) mass is 407 g/mol. The summed E-state index contributed by atoms with van der Waals surface area (Å²) in [4.78, 5) is 25.2. The fourth-order valence-electron chi connectivity index (χ4n) is 2.91. The van der Waals surface area contributed by atoms with E-state index in [2.05, 4.69) is 35.8 Å². The number of carbonyl (C=O) groups excluding carboxylic acids is 1. The summed E-state index contributed by atoms with van der Waals surface area (Å²) in [6.45, 7) is 3.89. The van der Waals surface area contributed by atoms with E-state index in [1.165, 1.54) is 12.4 Å². The van der Waals surface area contributed by atoms with Gasteiger partial charge in [0.15, 0.2) is 5.65 Å². The molecule has 146 valence electrons. The third kappa shape index (κ3) is 4.17. The van der Waals surface area contributed by atoms with Crippen molar-refractivity contribution in [1.29, 1.82) is 0 Å². The largest absolute Gasteiger partial charge is 0.362 e. The van der Waals surface area contributed by atoms with E-state index in [0.29, 0.717) is 27.7 Å². The van der Waals surface area contributed by atoms with Crippen LogP contribution in [0.15, 0.2) is 48.9 Å². The molecule has 4 rings (SSSR count). The van der Waals surface area contributed by atoms with E-state index < -0.39 is 0 Å². The van der Waals surface area contributed by atoms with Crippen LogP contribution in [-0.2, 0) is 0 Å². The molecule has 3 aromatic heterocycles. The van der Waals surface area contributed by atoms with Crippen LogP contribution in [0.1, 0.15) is 34.6 Å². The molecule has 1 atom stereocenters. The number of H-pyrrole nitrogens is 1. The number of hydrogen-bond donors (Lipinski definition) is 3. The number of anilines is 2. The summed E-state index contributed by atoms with van der Waals surface area (Å²) in [7, 11) is 0. The Labute approximate surface area is 171 Å². The van der Waals surface area contributed by atoms with Crippen LogP contribution in [0.5, 0.6) is 0 Å². The average Bonchev–Trinajstić information content (AvgIpc) is 3.08. The van der Waals surface area contributed by atoms with Crippen molar-refractivity contribution in [1.82, 2.24) is 25.1 Å². The number of pyridine rings is 1. The number of carbonyl (C=O) groups is 1. The van der Waals surface area contributed by atoms with Gasteiger partial charge in [0.25, 0.3) is 5.91 Å². The standard InChI is InChI=1S/C20H18ClN7O/c1-11(24-17-10-23-19-18(26-17)12(2)27-28-19)13-4-3-5-16(7-13)25-20(29)14-6-15(21)9-22-8-14/h3-11H,1-2H3,(H,24,26)(H,25,29)(H,23,27,28)/t11-/m0/s1. The summed E-state index contributed by atoms with van der Waals surface area (Å²) in [6, 6.07) is 9.11. The normalized spacial score (nSPS) is 12.0. The highest BCUT2D eigenvalue weighted by molar-refractivity contribution is 6.30. The molecule has 0 saturated heterocycles. The van der Waals surface area contributed by atoms with Crippen LogP contribution in [0, 0.1) is 6.92 Å². The summed E-state index contributed by atoms with van der Waals surface area (Å²) in [5, 5.41) is 13.6. The quantitative estimate of drug-likeness (QED) is 0.459. The molecule has 1 aromatic carbocycles. The fourth-order valence-corrected chi connectivity index (χ4v) is 3.09. The van der Waals surface area contributed by atoms with Gasteiger partial charge in [0, 0.05) is 18.1 Å². The van der Waals surface area contributed by atoms with Gasteiger partial charge in [-0.2, -0.15) is 5.10 Å². The number of nitrogens with one attached hydrogen (secondary N) is 3. The Morgan fingerprint density at radius 3 is 2.90 bits per heavy atom. The van der Waals surface area contributed by atoms with Crippen molar-refractivity contribution < 1.29 is 4.79 Å². The predicted octanol–water partition coefficient (Wildman–Crippen LogP) is 4.14. The summed E-state index contributed by atoms with van der Waals surface area (Å²) in [6.07, 6.45) is 4.62. The van der Waals surface area contributed by atoms with Crippen LogP contribution >= 0.6 is 11.6 Å². The highest BCUT2D eigenvalue weighted by atomic mass is 35.5. The summed E-state index contributed by atoms with van der Waals surface area (Å²) in [5.41, 5.74) is 4.24. The van der Waals surface area contributed by atoms with E-state index in [1.807, 2.05) is 38.1 Å². The molecular weight excluding hydrogens is 390 g/mol. The lowest BCUT2D eigenvalue weighted by Gasteiger charge is -2.16. The first-order valence-electron chi connectivity index (χ1n) is 8.96. The number of benzene rings is 1. The lowest BCUT2D eigenvalue weighted by atomic mass is 10.1. The maximum Gasteiger partial charge on any atom is 0.257 e. The van der Waals surface area contributed by atoms with Crippen LogP contribution < -0.4 is 10.6 Å². The molecule has 29 heavy (non-hydrogen) atoms. The molecule has 0 aliphatic carbocycles.